The van der Waals surface area contributed by atoms with Crippen molar-refractivity contribution in [3.63, 3.8) is 0 Å². The minimum atomic E-state index is -3.66. The number of aromatic nitrogens is 1. The molecule has 1 saturated heterocycles. The summed E-state index contributed by atoms with van der Waals surface area (Å²) in [5.41, 5.74) is 6.23. The van der Waals surface area contributed by atoms with Crippen molar-refractivity contribution in [3.05, 3.63) is 59.0 Å². The number of nitrogens with one attached hydrogen (secondary N) is 1. The zero-order valence-corrected chi connectivity index (χ0v) is 15.9. The number of hydrogen-bond acceptors (Lipinski definition) is 5. The van der Waals surface area contributed by atoms with Crippen LogP contribution in [0.3, 0.4) is 0 Å². The highest BCUT2D eigenvalue weighted by Gasteiger charge is 2.43. The zero-order valence-electron chi connectivity index (χ0n) is 15.1. The van der Waals surface area contributed by atoms with Gasteiger partial charge in [-0.2, -0.15) is 4.31 Å². The molecule has 28 heavy (non-hydrogen) atoms. The summed E-state index contributed by atoms with van der Waals surface area (Å²) in [6.07, 6.45) is 2.65. The summed E-state index contributed by atoms with van der Waals surface area (Å²) in [5.74, 6) is -1.87. The van der Waals surface area contributed by atoms with Gasteiger partial charge in [0.25, 0.3) is 5.56 Å². The second-order valence-corrected chi connectivity index (χ2v) is 8.56. The third kappa shape index (κ3) is 4.12. The van der Waals surface area contributed by atoms with E-state index in [1.165, 1.54) is 10.6 Å². The van der Waals surface area contributed by atoms with Gasteiger partial charge in [0.2, 0.25) is 21.8 Å². The fourth-order valence-electron chi connectivity index (χ4n) is 3.21. The molecule has 9 nitrogen and oxygen atoms in total. The lowest BCUT2D eigenvalue weighted by molar-refractivity contribution is -0.121. The molecular weight excluding hydrogens is 384 g/mol. The number of amides is 2. The summed E-state index contributed by atoms with van der Waals surface area (Å²) >= 11 is 0. The number of nitrogens with zero attached hydrogens (tertiary/aromatic N) is 2. The molecule has 1 aliphatic rings. The highest BCUT2D eigenvalue weighted by Crippen LogP contribution is 2.27. The summed E-state index contributed by atoms with van der Waals surface area (Å²) in [4.78, 5) is 35.9. The van der Waals surface area contributed by atoms with Crippen molar-refractivity contribution in [2.75, 3.05) is 18.1 Å². The van der Waals surface area contributed by atoms with E-state index >= 15 is 0 Å². The average molecular weight is 404 g/mol. The highest BCUT2D eigenvalue weighted by atomic mass is 32.2. The molecule has 2 unspecified atom stereocenters. The van der Waals surface area contributed by atoms with Gasteiger partial charge in [0.05, 0.1) is 12.2 Å². The number of anilines is 1. The van der Waals surface area contributed by atoms with E-state index in [0.29, 0.717) is 11.4 Å². The van der Waals surface area contributed by atoms with Crippen LogP contribution in [0.25, 0.3) is 5.69 Å². The average Bonchev–Trinajstić information content (AvgIpc) is 3.09. The molecule has 0 spiro atoms. The Morgan fingerprint density at radius 3 is 2.36 bits per heavy atom. The Hall–Kier alpha value is -2.98. The fourth-order valence-corrected chi connectivity index (χ4v) is 4.31. The maximum atomic E-state index is 12.5. The molecule has 2 atom stereocenters. The summed E-state index contributed by atoms with van der Waals surface area (Å²) < 4.78 is 26.1. The van der Waals surface area contributed by atoms with Crippen molar-refractivity contribution in [3.8, 4) is 5.69 Å². The van der Waals surface area contributed by atoms with E-state index in [-0.39, 0.29) is 18.5 Å². The lowest BCUT2D eigenvalue weighted by atomic mass is 10.0. The normalized spacial score (nSPS) is 20.0. The van der Waals surface area contributed by atoms with Crippen LogP contribution in [0.2, 0.25) is 0 Å². The second kappa shape index (κ2) is 7.56. The minimum absolute atomic E-state index is 0.0335. The Morgan fingerprint density at radius 1 is 1.14 bits per heavy atom. The van der Waals surface area contributed by atoms with Crippen LogP contribution in [-0.2, 0) is 19.6 Å². The van der Waals surface area contributed by atoms with Gasteiger partial charge in [0.15, 0.2) is 0 Å². The van der Waals surface area contributed by atoms with E-state index < -0.39 is 33.8 Å². The van der Waals surface area contributed by atoms with Gasteiger partial charge in [-0.25, -0.2) is 8.42 Å². The Bertz CT molecular complexity index is 1060. The molecule has 2 aromatic rings. The number of nitrogens with two attached hydrogens (primary N) is 1. The maximum absolute atomic E-state index is 12.5. The lowest BCUT2D eigenvalue weighted by Crippen LogP contribution is -2.43. The minimum Gasteiger partial charge on any atom is -0.368 e. The van der Waals surface area contributed by atoms with Crippen molar-refractivity contribution < 1.29 is 18.0 Å². The molecule has 3 N–H and O–H groups in total. The van der Waals surface area contributed by atoms with Crippen LogP contribution in [0.4, 0.5) is 5.69 Å². The van der Waals surface area contributed by atoms with Crippen molar-refractivity contribution >= 4 is 27.5 Å². The molecule has 0 bridgehead atoms. The predicted octanol–water partition coefficient (Wildman–Crippen LogP) is -0.0886. The van der Waals surface area contributed by atoms with Crippen molar-refractivity contribution in [1.29, 1.82) is 0 Å². The molecule has 148 valence electrons. The van der Waals surface area contributed by atoms with Crippen LogP contribution in [0.5, 0.6) is 0 Å². The van der Waals surface area contributed by atoms with E-state index in [2.05, 4.69) is 5.32 Å². The molecule has 2 heterocycles. The van der Waals surface area contributed by atoms with Gasteiger partial charge in [-0.15, -0.1) is 0 Å². The molecule has 0 saturated carbocycles. The van der Waals surface area contributed by atoms with Crippen LogP contribution in [0, 0.1) is 5.92 Å². The maximum Gasteiger partial charge on any atom is 0.255 e. The van der Waals surface area contributed by atoms with Crippen molar-refractivity contribution in [2.24, 2.45) is 11.7 Å². The van der Waals surface area contributed by atoms with E-state index in [1.807, 2.05) is 0 Å². The Morgan fingerprint density at radius 2 is 1.82 bits per heavy atom. The molecular formula is C18H20N4O5S. The summed E-state index contributed by atoms with van der Waals surface area (Å²) in [6.45, 7) is -0.101. The van der Waals surface area contributed by atoms with Gasteiger partial charge in [-0.05, 0) is 36.8 Å². The number of hydrogen-bond donors (Lipinski definition) is 2. The van der Waals surface area contributed by atoms with E-state index in [9.17, 15) is 22.8 Å². The number of benzene rings is 1. The number of carbonyl (C=O) groups excluding carboxylic acids is 2. The number of rotatable bonds is 5. The molecule has 2 amide bonds. The number of carbonyl (C=O) groups is 2. The monoisotopic (exact) mass is 404 g/mol. The first-order valence-corrected chi connectivity index (χ1v) is 10.4. The van der Waals surface area contributed by atoms with E-state index in [0.717, 1.165) is 10.6 Å². The smallest absolute Gasteiger partial charge is 0.255 e. The first-order chi connectivity index (χ1) is 13.2. The van der Waals surface area contributed by atoms with Gasteiger partial charge >= 0.3 is 0 Å². The Labute approximate surface area is 161 Å². The molecule has 1 aliphatic heterocycles. The van der Waals surface area contributed by atoms with Crippen molar-refractivity contribution in [2.45, 2.75) is 12.5 Å². The summed E-state index contributed by atoms with van der Waals surface area (Å²) in [5, 5.41) is 2.71. The topological polar surface area (TPSA) is 132 Å². The van der Waals surface area contributed by atoms with Gasteiger partial charge in [-0.3, -0.25) is 19.0 Å². The molecule has 1 aromatic carbocycles. The number of pyridine rings is 1. The van der Waals surface area contributed by atoms with Gasteiger partial charge in [-0.1, -0.05) is 6.07 Å². The van der Waals surface area contributed by atoms with E-state index in [1.54, 1.807) is 42.6 Å². The van der Waals surface area contributed by atoms with Crippen LogP contribution in [-0.4, -0.2) is 47.9 Å². The van der Waals surface area contributed by atoms with Crippen LogP contribution >= 0.6 is 0 Å². The fraction of sp³-hybridized carbons (Fsp3) is 0.278. The van der Waals surface area contributed by atoms with Gasteiger partial charge < -0.3 is 11.1 Å². The lowest BCUT2D eigenvalue weighted by Gasteiger charge is -2.18. The summed E-state index contributed by atoms with van der Waals surface area (Å²) in [7, 11) is -3.66. The SMILES string of the molecule is CS(=O)(=O)N1CC(C(=O)Nc2ccc(-n3ccccc3=O)cc2)CC1C(N)=O. The Balaban J connectivity index is 1.72. The standard InChI is InChI=1S/C18H20N4O5S/c1-28(26,27)22-11-12(10-15(22)17(19)24)18(25)20-13-5-7-14(8-6-13)21-9-3-2-4-16(21)23/h2-9,12,15H,10-11H2,1H3,(H2,19,24)(H,20,25). The molecule has 0 radical (unpaired) electrons. The van der Waals surface area contributed by atoms with Crippen LogP contribution in [0.1, 0.15) is 6.42 Å². The number of primary amides is 1. The number of sulfonamides is 1. The van der Waals surface area contributed by atoms with Gasteiger partial charge in [0.1, 0.15) is 6.04 Å². The van der Waals surface area contributed by atoms with E-state index in [4.69, 9.17) is 5.73 Å². The molecule has 1 fully saturated rings. The van der Waals surface area contributed by atoms with Crippen LogP contribution < -0.4 is 16.6 Å². The molecule has 0 aliphatic carbocycles. The first-order valence-electron chi connectivity index (χ1n) is 8.52. The van der Waals surface area contributed by atoms with Crippen LogP contribution in [0.15, 0.2) is 53.5 Å². The first kappa shape index (κ1) is 19.8. The molecule has 1 aromatic heterocycles. The highest BCUT2D eigenvalue weighted by molar-refractivity contribution is 7.88. The molecule has 3 rings (SSSR count). The largest absolute Gasteiger partial charge is 0.368 e. The Kier molecular flexibility index (Phi) is 5.34. The second-order valence-electron chi connectivity index (χ2n) is 6.63. The third-order valence-electron chi connectivity index (χ3n) is 4.62. The third-order valence-corrected chi connectivity index (χ3v) is 5.87. The quantitative estimate of drug-likeness (QED) is 0.719. The zero-order chi connectivity index (χ0) is 20.5. The molecule has 10 heteroatoms. The summed E-state index contributed by atoms with van der Waals surface area (Å²) in [6, 6.07) is 10.4. The predicted molar refractivity (Wildman–Crippen MR) is 103 cm³/mol. The van der Waals surface area contributed by atoms with Gasteiger partial charge in [0, 0.05) is 30.2 Å². The van der Waals surface area contributed by atoms with Crippen molar-refractivity contribution in [1.82, 2.24) is 8.87 Å².